The lowest BCUT2D eigenvalue weighted by Gasteiger charge is -2.09. The van der Waals surface area contributed by atoms with Gasteiger partial charge < -0.3 is 14.3 Å². The summed E-state index contributed by atoms with van der Waals surface area (Å²) in [6.45, 7) is 2.78. The molecule has 0 unspecified atom stereocenters. The van der Waals surface area contributed by atoms with Gasteiger partial charge in [-0.15, -0.1) is 0 Å². The van der Waals surface area contributed by atoms with E-state index < -0.39 is 11.7 Å². The Morgan fingerprint density at radius 1 is 1.17 bits per heavy atom. The highest BCUT2D eigenvalue weighted by Gasteiger charge is 2.30. The zero-order valence-corrected chi connectivity index (χ0v) is 13.7. The third-order valence-electron chi connectivity index (χ3n) is 3.67. The highest BCUT2D eigenvalue weighted by Crippen LogP contribution is 2.31. The van der Waals surface area contributed by atoms with Crippen LogP contribution in [0.5, 0.6) is 5.75 Å². The molecule has 0 atom stereocenters. The van der Waals surface area contributed by atoms with Crippen LogP contribution < -0.4 is 4.74 Å². The molecule has 0 bridgehead atoms. The zero-order chi connectivity index (χ0) is 17.3. The second-order valence-corrected chi connectivity index (χ2v) is 5.86. The molecule has 0 spiro atoms. The number of aromatic amines is 1. The van der Waals surface area contributed by atoms with Crippen LogP contribution in [-0.4, -0.2) is 16.2 Å². The van der Waals surface area contributed by atoms with E-state index in [0.29, 0.717) is 29.0 Å². The van der Waals surface area contributed by atoms with Gasteiger partial charge in [-0.2, -0.15) is 13.2 Å². The van der Waals surface area contributed by atoms with Gasteiger partial charge in [-0.25, -0.2) is 0 Å². The molecule has 1 heterocycles. The summed E-state index contributed by atoms with van der Waals surface area (Å²) < 4.78 is 46.1. The van der Waals surface area contributed by atoms with Crippen LogP contribution in [0.25, 0.3) is 11.0 Å². The highest BCUT2D eigenvalue weighted by molar-refractivity contribution is 7.71. The first-order valence-electron chi connectivity index (χ1n) is 7.34. The monoisotopic (exact) mass is 352 g/mol. The quantitative estimate of drug-likeness (QED) is 0.662. The van der Waals surface area contributed by atoms with Crippen LogP contribution in [0.4, 0.5) is 13.2 Å². The lowest BCUT2D eigenvalue weighted by atomic mass is 10.2. The number of alkyl halides is 3. The fourth-order valence-corrected chi connectivity index (χ4v) is 2.82. The number of aromatic nitrogens is 2. The SMILES string of the molecule is Cc1cccc(OCCn2c(=S)[nH]c3cc(C(F)(F)F)ccc32)c1. The topological polar surface area (TPSA) is 29.9 Å². The third-order valence-corrected chi connectivity index (χ3v) is 4.00. The van der Waals surface area contributed by atoms with Gasteiger partial charge in [-0.1, -0.05) is 12.1 Å². The highest BCUT2D eigenvalue weighted by atomic mass is 32.1. The Hall–Kier alpha value is -2.28. The lowest BCUT2D eigenvalue weighted by molar-refractivity contribution is -0.137. The Morgan fingerprint density at radius 2 is 1.96 bits per heavy atom. The molecule has 0 radical (unpaired) electrons. The maximum Gasteiger partial charge on any atom is 0.416 e. The predicted octanol–water partition coefficient (Wildman–Crippen LogP) is 5.11. The number of fused-ring (bicyclic) bond motifs is 1. The standard InChI is InChI=1S/C17H15F3N2OS/c1-11-3-2-4-13(9-11)23-8-7-22-15-6-5-12(17(18,19)20)10-14(15)21-16(22)24/h2-6,9-10H,7-8H2,1H3,(H,21,24). The fourth-order valence-electron chi connectivity index (χ4n) is 2.52. The van der Waals surface area contributed by atoms with E-state index in [0.717, 1.165) is 23.4 Å². The van der Waals surface area contributed by atoms with Gasteiger partial charge in [0.2, 0.25) is 0 Å². The number of H-pyrrole nitrogens is 1. The smallest absolute Gasteiger partial charge is 0.416 e. The zero-order valence-electron chi connectivity index (χ0n) is 12.9. The number of rotatable bonds is 4. The van der Waals surface area contributed by atoms with Crippen molar-refractivity contribution < 1.29 is 17.9 Å². The van der Waals surface area contributed by atoms with E-state index in [1.54, 1.807) is 4.57 Å². The maximum atomic E-state index is 12.8. The van der Waals surface area contributed by atoms with Crippen molar-refractivity contribution in [3.63, 3.8) is 0 Å². The van der Waals surface area contributed by atoms with Crippen molar-refractivity contribution in [2.45, 2.75) is 19.6 Å². The molecule has 0 saturated carbocycles. The van der Waals surface area contributed by atoms with Gasteiger partial charge in [0, 0.05) is 0 Å². The van der Waals surface area contributed by atoms with Crippen molar-refractivity contribution in [2.24, 2.45) is 0 Å². The van der Waals surface area contributed by atoms with Crippen LogP contribution >= 0.6 is 12.2 Å². The summed E-state index contributed by atoms with van der Waals surface area (Å²) in [5, 5.41) is 0. The summed E-state index contributed by atoms with van der Waals surface area (Å²) in [5.41, 5.74) is 1.39. The average molecular weight is 352 g/mol. The minimum Gasteiger partial charge on any atom is -0.492 e. The minimum absolute atomic E-state index is 0.366. The number of ether oxygens (including phenoxy) is 1. The van der Waals surface area contributed by atoms with E-state index in [-0.39, 0.29) is 0 Å². The molecule has 0 amide bonds. The molecule has 1 aromatic heterocycles. The van der Waals surface area contributed by atoms with Crippen LogP contribution in [0.3, 0.4) is 0 Å². The molecule has 3 rings (SSSR count). The molecule has 0 aliphatic rings. The number of nitrogens with zero attached hydrogens (tertiary/aromatic N) is 1. The summed E-state index contributed by atoms with van der Waals surface area (Å²) in [7, 11) is 0. The first-order chi connectivity index (χ1) is 11.3. The number of nitrogens with one attached hydrogen (secondary N) is 1. The Morgan fingerprint density at radius 3 is 2.67 bits per heavy atom. The van der Waals surface area contributed by atoms with Crippen molar-refractivity contribution in [3.05, 3.63) is 58.4 Å². The van der Waals surface area contributed by atoms with Gasteiger partial charge in [-0.3, -0.25) is 0 Å². The Labute approximate surface area is 141 Å². The van der Waals surface area contributed by atoms with Gasteiger partial charge >= 0.3 is 6.18 Å². The second-order valence-electron chi connectivity index (χ2n) is 5.48. The van der Waals surface area contributed by atoms with Crippen LogP contribution in [0, 0.1) is 11.7 Å². The molecule has 0 fully saturated rings. The van der Waals surface area contributed by atoms with E-state index in [1.165, 1.54) is 6.07 Å². The van der Waals surface area contributed by atoms with E-state index in [9.17, 15) is 13.2 Å². The largest absolute Gasteiger partial charge is 0.492 e. The van der Waals surface area contributed by atoms with Gasteiger partial charge in [0.15, 0.2) is 4.77 Å². The fraction of sp³-hybridized carbons (Fsp3) is 0.235. The molecule has 7 heteroatoms. The van der Waals surface area contributed by atoms with Crippen LogP contribution in [0.1, 0.15) is 11.1 Å². The molecule has 2 aromatic carbocycles. The Balaban J connectivity index is 1.80. The van der Waals surface area contributed by atoms with Crippen LogP contribution in [0.2, 0.25) is 0 Å². The number of benzene rings is 2. The summed E-state index contributed by atoms with van der Waals surface area (Å²) in [5.74, 6) is 0.751. The average Bonchev–Trinajstić information content (AvgIpc) is 2.82. The van der Waals surface area contributed by atoms with E-state index in [1.807, 2.05) is 31.2 Å². The Bertz CT molecular complexity index is 927. The summed E-state index contributed by atoms with van der Waals surface area (Å²) >= 11 is 5.21. The van der Waals surface area contributed by atoms with E-state index >= 15 is 0 Å². The molecule has 0 aliphatic heterocycles. The maximum absolute atomic E-state index is 12.8. The van der Waals surface area contributed by atoms with Gasteiger partial charge in [0.1, 0.15) is 12.4 Å². The first-order valence-corrected chi connectivity index (χ1v) is 7.74. The third kappa shape index (κ3) is 3.46. The second kappa shape index (κ2) is 6.32. The van der Waals surface area contributed by atoms with Gasteiger partial charge in [0.05, 0.1) is 23.1 Å². The van der Waals surface area contributed by atoms with Crippen LogP contribution in [-0.2, 0) is 12.7 Å². The summed E-state index contributed by atoms with van der Waals surface area (Å²) in [6.07, 6.45) is -4.37. The van der Waals surface area contributed by atoms with Crippen molar-refractivity contribution in [3.8, 4) is 5.75 Å². The number of hydrogen-bond acceptors (Lipinski definition) is 2. The normalized spacial score (nSPS) is 11.8. The van der Waals surface area contributed by atoms with Crippen LogP contribution in [0.15, 0.2) is 42.5 Å². The van der Waals surface area contributed by atoms with Crippen molar-refractivity contribution >= 4 is 23.3 Å². The molecular formula is C17H15F3N2OS. The molecule has 3 nitrogen and oxygen atoms in total. The lowest BCUT2D eigenvalue weighted by Crippen LogP contribution is -2.08. The van der Waals surface area contributed by atoms with Crippen molar-refractivity contribution in [1.29, 1.82) is 0 Å². The minimum atomic E-state index is -4.37. The first kappa shape index (κ1) is 16.6. The van der Waals surface area contributed by atoms with E-state index in [4.69, 9.17) is 17.0 Å². The van der Waals surface area contributed by atoms with Gasteiger partial charge in [-0.05, 0) is 55.0 Å². The molecular weight excluding hydrogens is 337 g/mol. The summed E-state index contributed by atoms with van der Waals surface area (Å²) in [4.78, 5) is 2.82. The van der Waals surface area contributed by atoms with Gasteiger partial charge in [0.25, 0.3) is 0 Å². The number of aryl methyl sites for hydroxylation is 1. The number of imidazole rings is 1. The number of hydrogen-bond donors (Lipinski definition) is 1. The molecule has 1 N–H and O–H groups in total. The van der Waals surface area contributed by atoms with E-state index in [2.05, 4.69) is 4.98 Å². The molecule has 0 saturated heterocycles. The molecule has 0 aliphatic carbocycles. The van der Waals surface area contributed by atoms with Crippen molar-refractivity contribution in [2.75, 3.05) is 6.61 Å². The Kier molecular flexibility index (Phi) is 4.36. The molecule has 24 heavy (non-hydrogen) atoms. The summed E-state index contributed by atoms with van der Waals surface area (Å²) in [6, 6.07) is 11.2. The number of halogens is 3. The van der Waals surface area contributed by atoms with Crippen molar-refractivity contribution in [1.82, 2.24) is 9.55 Å². The molecule has 126 valence electrons. The predicted molar refractivity (Wildman–Crippen MR) is 88.8 cm³/mol. The molecule has 3 aromatic rings.